The van der Waals surface area contributed by atoms with Gasteiger partial charge in [-0.1, -0.05) is 66.7 Å². The molecule has 3 heteroatoms. The van der Waals surface area contributed by atoms with Gasteiger partial charge in [-0.25, -0.2) is 0 Å². The third-order valence-corrected chi connectivity index (χ3v) is 5.44. The standard InChI is InChI=1S/C26H33NO2/c1-19-9-5-8-12-25(19)20(2)29-18-24(28)17-27-26(3,4)16-21-13-14-22-10-6-7-11-23(22)15-21/h5-15,20,24,27-28H,16-18H2,1-4H3/t20?,24-/m1/s1. The van der Waals surface area contributed by atoms with Crippen molar-refractivity contribution in [2.24, 2.45) is 0 Å². The molecule has 2 N–H and O–H groups in total. The predicted molar refractivity (Wildman–Crippen MR) is 121 cm³/mol. The molecule has 0 aromatic heterocycles. The van der Waals surface area contributed by atoms with E-state index < -0.39 is 6.10 Å². The van der Waals surface area contributed by atoms with Gasteiger partial charge in [0.2, 0.25) is 0 Å². The molecule has 0 heterocycles. The molecule has 0 aliphatic carbocycles. The van der Waals surface area contributed by atoms with Gasteiger partial charge in [0.15, 0.2) is 0 Å². The summed E-state index contributed by atoms with van der Waals surface area (Å²) in [5, 5.41) is 16.4. The quantitative estimate of drug-likeness (QED) is 0.527. The zero-order valence-corrected chi connectivity index (χ0v) is 18.0. The summed E-state index contributed by atoms with van der Waals surface area (Å²) in [6.07, 6.45) is 0.319. The van der Waals surface area contributed by atoms with Gasteiger partial charge in [0.05, 0.1) is 18.8 Å². The molecule has 1 unspecified atom stereocenters. The maximum absolute atomic E-state index is 10.4. The van der Waals surface area contributed by atoms with E-state index in [-0.39, 0.29) is 11.6 Å². The molecule has 3 rings (SSSR count). The Hall–Kier alpha value is -2.20. The van der Waals surface area contributed by atoms with E-state index in [1.807, 2.05) is 19.1 Å². The van der Waals surface area contributed by atoms with E-state index in [1.165, 1.54) is 27.5 Å². The number of nitrogens with one attached hydrogen (secondary N) is 1. The zero-order valence-electron chi connectivity index (χ0n) is 18.0. The first-order valence-corrected chi connectivity index (χ1v) is 10.4. The first-order chi connectivity index (χ1) is 13.8. The summed E-state index contributed by atoms with van der Waals surface area (Å²) in [6.45, 7) is 9.28. The van der Waals surface area contributed by atoms with Crippen molar-refractivity contribution in [3.63, 3.8) is 0 Å². The van der Waals surface area contributed by atoms with Crippen LogP contribution in [0.1, 0.15) is 43.6 Å². The summed E-state index contributed by atoms with van der Waals surface area (Å²) in [7, 11) is 0. The summed E-state index contributed by atoms with van der Waals surface area (Å²) in [5.74, 6) is 0. The minimum atomic E-state index is -0.544. The number of benzene rings is 3. The van der Waals surface area contributed by atoms with Gasteiger partial charge in [-0.05, 0) is 61.6 Å². The number of hydrogen-bond acceptors (Lipinski definition) is 3. The van der Waals surface area contributed by atoms with Gasteiger partial charge in [-0.15, -0.1) is 0 Å². The molecular formula is C26H33NO2. The molecule has 0 saturated carbocycles. The Morgan fingerprint density at radius 3 is 2.41 bits per heavy atom. The number of aliphatic hydroxyl groups is 1. The molecule has 3 nitrogen and oxygen atoms in total. The lowest BCUT2D eigenvalue weighted by Gasteiger charge is -2.28. The monoisotopic (exact) mass is 391 g/mol. The Bertz CT molecular complexity index is 935. The van der Waals surface area contributed by atoms with Crippen LogP contribution in [0.15, 0.2) is 66.7 Å². The van der Waals surface area contributed by atoms with Gasteiger partial charge in [0.25, 0.3) is 0 Å². The minimum absolute atomic E-state index is 0.0311. The molecule has 0 saturated heterocycles. The first kappa shape index (κ1) is 21.5. The van der Waals surface area contributed by atoms with Crippen LogP contribution in [0.3, 0.4) is 0 Å². The van der Waals surface area contributed by atoms with Crippen LogP contribution < -0.4 is 5.32 Å². The number of fused-ring (bicyclic) bond motifs is 1. The molecule has 0 aliphatic heterocycles. The van der Waals surface area contributed by atoms with Gasteiger partial charge in [-0.3, -0.25) is 0 Å². The maximum Gasteiger partial charge on any atom is 0.0898 e. The van der Waals surface area contributed by atoms with Crippen LogP contribution in [0.25, 0.3) is 10.8 Å². The van der Waals surface area contributed by atoms with Gasteiger partial charge >= 0.3 is 0 Å². The van der Waals surface area contributed by atoms with Crippen molar-refractivity contribution in [2.45, 2.75) is 51.9 Å². The van der Waals surface area contributed by atoms with Crippen LogP contribution in [0.4, 0.5) is 0 Å². The lowest BCUT2D eigenvalue weighted by molar-refractivity contribution is -0.00439. The topological polar surface area (TPSA) is 41.5 Å². The minimum Gasteiger partial charge on any atom is -0.389 e. The lowest BCUT2D eigenvalue weighted by atomic mass is 9.93. The largest absolute Gasteiger partial charge is 0.389 e. The van der Waals surface area contributed by atoms with E-state index in [0.29, 0.717) is 13.2 Å². The Labute approximate surface area is 174 Å². The lowest BCUT2D eigenvalue weighted by Crippen LogP contribution is -2.46. The Morgan fingerprint density at radius 1 is 0.966 bits per heavy atom. The highest BCUT2D eigenvalue weighted by Crippen LogP contribution is 2.21. The van der Waals surface area contributed by atoms with Crippen LogP contribution in [0.2, 0.25) is 0 Å². The van der Waals surface area contributed by atoms with E-state index in [0.717, 1.165) is 6.42 Å². The summed E-state index contributed by atoms with van der Waals surface area (Å²) in [6, 6.07) is 23.3. The highest BCUT2D eigenvalue weighted by Gasteiger charge is 2.20. The van der Waals surface area contributed by atoms with Crippen molar-refractivity contribution in [1.29, 1.82) is 0 Å². The van der Waals surface area contributed by atoms with Crippen molar-refractivity contribution < 1.29 is 9.84 Å². The van der Waals surface area contributed by atoms with E-state index >= 15 is 0 Å². The molecule has 0 fully saturated rings. The second kappa shape index (κ2) is 9.53. The van der Waals surface area contributed by atoms with E-state index in [1.54, 1.807) is 0 Å². The van der Waals surface area contributed by atoms with E-state index in [4.69, 9.17) is 4.74 Å². The van der Waals surface area contributed by atoms with Crippen LogP contribution in [-0.2, 0) is 11.2 Å². The number of rotatable bonds is 9. The summed E-state index contributed by atoms with van der Waals surface area (Å²) >= 11 is 0. The fourth-order valence-electron chi connectivity index (χ4n) is 3.76. The smallest absolute Gasteiger partial charge is 0.0898 e. The molecule has 0 spiro atoms. The number of β-amino-alcohol motifs (C(OH)–C–C–N with tert-alkyl or cyclic N) is 1. The second-order valence-corrected chi connectivity index (χ2v) is 8.61. The third kappa shape index (κ3) is 6.14. The van der Waals surface area contributed by atoms with Gasteiger partial charge in [0, 0.05) is 12.1 Å². The highest BCUT2D eigenvalue weighted by molar-refractivity contribution is 5.83. The van der Waals surface area contributed by atoms with Crippen LogP contribution in [0.5, 0.6) is 0 Å². The van der Waals surface area contributed by atoms with Crippen molar-refractivity contribution in [2.75, 3.05) is 13.2 Å². The number of ether oxygens (including phenoxy) is 1. The first-order valence-electron chi connectivity index (χ1n) is 10.4. The van der Waals surface area contributed by atoms with Crippen molar-refractivity contribution in [3.8, 4) is 0 Å². The molecule has 0 aliphatic rings. The van der Waals surface area contributed by atoms with Crippen molar-refractivity contribution in [3.05, 3.63) is 83.4 Å². The van der Waals surface area contributed by atoms with Crippen LogP contribution in [-0.4, -0.2) is 29.9 Å². The molecule has 29 heavy (non-hydrogen) atoms. The fourth-order valence-corrected chi connectivity index (χ4v) is 3.76. The predicted octanol–water partition coefficient (Wildman–Crippen LogP) is 5.20. The number of hydrogen-bond donors (Lipinski definition) is 2. The summed E-state index contributed by atoms with van der Waals surface area (Å²) < 4.78 is 5.91. The van der Waals surface area contributed by atoms with E-state index in [2.05, 4.69) is 80.7 Å². The van der Waals surface area contributed by atoms with Gasteiger partial charge in [-0.2, -0.15) is 0 Å². The van der Waals surface area contributed by atoms with Crippen LogP contribution >= 0.6 is 0 Å². The molecule has 0 amide bonds. The average Bonchev–Trinajstić information content (AvgIpc) is 2.70. The van der Waals surface area contributed by atoms with Gasteiger partial charge in [0.1, 0.15) is 0 Å². The van der Waals surface area contributed by atoms with Crippen molar-refractivity contribution in [1.82, 2.24) is 5.32 Å². The molecular weight excluding hydrogens is 358 g/mol. The summed E-state index contributed by atoms with van der Waals surface area (Å²) in [4.78, 5) is 0. The maximum atomic E-state index is 10.4. The fraction of sp³-hybridized carbons (Fsp3) is 0.385. The zero-order chi connectivity index (χ0) is 20.9. The molecule has 3 aromatic carbocycles. The second-order valence-electron chi connectivity index (χ2n) is 8.61. The number of aryl methyl sites for hydroxylation is 1. The normalized spacial score (nSPS) is 14.1. The van der Waals surface area contributed by atoms with Crippen molar-refractivity contribution >= 4 is 10.8 Å². The Morgan fingerprint density at radius 2 is 1.66 bits per heavy atom. The number of aliphatic hydroxyl groups excluding tert-OH is 1. The van der Waals surface area contributed by atoms with Crippen LogP contribution in [0, 0.1) is 6.92 Å². The molecule has 2 atom stereocenters. The van der Waals surface area contributed by atoms with Gasteiger partial charge < -0.3 is 15.2 Å². The molecule has 154 valence electrons. The Kier molecular flexibility index (Phi) is 7.07. The third-order valence-electron chi connectivity index (χ3n) is 5.44. The SMILES string of the molecule is Cc1ccccc1C(C)OC[C@H](O)CNC(C)(C)Cc1ccc2ccccc2c1. The molecule has 0 bridgehead atoms. The van der Waals surface area contributed by atoms with E-state index in [9.17, 15) is 5.11 Å². The molecule has 3 aromatic rings. The Balaban J connectivity index is 1.49. The summed E-state index contributed by atoms with van der Waals surface area (Å²) in [5.41, 5.74) is 3.55. The molecule has 0 radical (unpaired) electrons. The highest BCUT2D eigenvalue weighted by atomic mass is 16.5. The average molecular weight is 392 g/mol.